The zero-order chi connectivity index (χ0) is 18.7. The van der Waals surface area contributed by atoms with Gasteiger partial charge in [0.1, 0.15) is 6.61 Å². The second-order valence-corrected chi connectivity index (χ2v) is 5.52. The fourth-order valence-corrected chi connectivity index (χ4v) is 1.44. The van der Waals surface area contributed by atoms with Crippen molar-refractivity contribution in [3.05, 3.63) is 34.6 Å². The van der Waals surface area contributed by atoms with Crippen molar-refractivity contribution < 1.29 is 41.0 Å². The van der Waals surface area contributed by atoms with Crippen LogP contribution in [0.3, 0.4) is 0 Å². The Balaban J connectivity index is 2.71. The van der Waals surface area contributed by atoms with E-state index in [0.717, 1.165) is 0 Å². The molecule has 24 heavy (non-hydrogen) atoms. The maximum Gasteiger partial charge on any atom is 0.344 e. The van der Waals surface area contributed by atoms with E-state index in [1.54, 1.807) is 20.8 Å². The molecule has 4 nitrogen and oxygen atoms in total. The minimum atomic E-state index is -2.31. The molecular weight excluding hydrogens is 339 g/mol. The summed E-state index contributed by atoms with van der Waals surface area (Å²) in [5.74, 6) is -12.7. The maximum atomic E-state index is 13.4. The molecule has 9 heteroatoms. The summed E-state index contributed by atoms with van der Waals surface area (Å²) in [7, 11) is 0. The Labute approximate surface area is 134 Å². The Morgan fingerprint density at radius 2 is 1.33 bits per heavy atom. The highest BCUT2D eigenvalue weighted by molar-refractivity contribution is 5.79. The number of halogens is 5. The zero-order valence-corrected chi connectivity index (χ0v) is 13.1. The lowest BCUT2D eigenvalue weighted by molar-refractivity contribution is -0.165. The van der Waals surface area contributed by atoms with Gasteiger partial charge in [0, 0.05) is 0 Å². The van der Waals surface area contributed by atoms with Crippen LogP contribution in [0.1, 0.15) is 32.8 Å². The topological polar surface area (TPSA) is 52.6 Å². The molecule has 0 radical (unpaired) electrons. The van der Waals surface area contributed by atoms with Crippen LogP contribution >= 0.6 is 0 Å². The largest absolute Gasteiger partial charge is 0.458 e. The third kappa shape index (κ3) is 4.21. The first kappa shape index (κ1) is 19.9. The summed E-state index contributed by atoms with van der Waals surface area (Å²) in [6.45, 7) is 2.84. The molecule has 0 aliphatic heterocycles. The van der Waals surface area contributed by atoms with Gasteiger partial charge in [-0.2, -0.15) is 0 Å². The summed E-state index contributed by atoms with van der Waals surface area (Å²) < 4.78 is 74.6. The lowest BCUT2D eigenvalue weighted by Crippen LogP contribution is -2.28. The predicted molar refractivity (Wildman–Crippen MR) is 71.1 cm³/mol. The van der Waals surface area contributed by atoms with Crippen molar-refractivity contribution in [2.75, 3.05) is 6.61 Å². The summed E-state index contributed by atoms with van der Waals surface area (Å²) in [6.07, 6.45) is 0.436. The summed E-state index contributed by atoms with van der Waals surface area (Å²) >= 11 is 0. The fourth-order valence-electron chi connectivity index (χ4n) is 1.44. The molecule has 0 spiro atoms. The Hall–Kier alpha value is -2.19. The molecule has 0 atom stereocenters. The molecule has 0 aliphatic carbocycles. The number of ether oxygens (including phenoxy) is 2. The van der Waals surface area contributed by atoms with Crippen LogP contribution in [0.2, 0.25) is 0 Å². The molecule has 0 amide bonds. The van der Waals surface area contributed by atoms with Gasteiger partial charge in [-0.25, -0.2) is 26.7 Å². The van der Waals surface area contributed by atoms with Gasteiger partial charge in [0.15, 0.2) is 29.9 Å². The lowest BCUT2D eigenvalue weighted by Gasteiger charge is -2.19. The van der Waals surface area contributed by atoms with Crippen LogP contribution < -0.4 is 0 Å². The van der Waals surface area contributed by atoms with Gasteiger partial charge in [0.05, 0.1) is 11.0 Å². The Bertz CT molecular complexity index is 629. The van der Waals surface area contributed by atoms with Gasteiger partial charge in [-0.15, -0.1) is 0 Å². The molecule has 0 saturated carbocycles. The van der Waals surface area contributed by atoms with Gasteiger partial charge in [-0.1, -0.05) is 6.92 Å². The van der Waals surface area contributed by atoms with Gasteiger partial charge < -0.3 is 9.47 Å². The standard InChI is InChI=1S/C15H15F5O4/c1-4-15(2,3)14(22)24-6-8(21)23-5-7-9(16)11(18)13(20)12(19)10(7)17/h4-6H2,1-3H3. The van der Waals surface area contributed by atoms with Crippen molar-refractivity contribution in [2.24, 2.45) is 5.41 Å². The minimum absolute atomic E-state index is 0.436. The molecule has 0 bridgehead atoms. The molecule has 0 aromatic heterocycles. The predicted octanol–water partition coefficient (Wildman–Crippen LogP) is 3.40. The van der Waals surface area contributed by atoms with Crippen LogP contribution in [0.25, 0.3) is 0 Å². The van der Waals surface area contributed by atoms with Crippen molar-refractivity contribution in [3.8, 4) is 0 Å². The molecule has 0 saturated heterocycles. The number of benzene rings is 1. The molecular formula is C15H15F5O4. The Morgan fingerprint density at radius 1 is 0.875 bits per heavy atom. The molecule has 0 aliphatic rings. The molecule has 0 N–H and O–H groups in total. The number of carbonyl (C=O) groups is 2. The third-order valence-electron chi connectivity index (χ3n) is 3.44. The zero-order valence-electron chi connectivity index (χ0n) is 13.1. The summed E-state index contributed by atoms with van der Waals surface area (Å²) in [5.41, 5.74) is -2.14. The van der Waals surface area contributed by atoms with Crippen molar-refractivity contribution in [3.63, 3.8) is 0 Å². The van der Waals surface area contributed by atoms with E-state index in [1.165, 1.54) is 0 Å². The van der Waals surface area contributed by atoms with Crippen molar-refractivity contribution in [1.29, 1.82) is 0 Å². The van der Waals surface area contributed by atoms with Gasteiger partial charge in [0.25, 0.3) is 0 Å². The minimum Gasteiger partial charge on any atom is -0.458 e. The summed E-state index contributed by atoms with van der Waals surface area (Å²) in [4.78, 5) is 23.0. The van der Waals surface area contributed by atoms with Crippen molar-refractivity contribution in [1.82, 2.24) is 0 Å². The van der Waals surface area contributed by atoms with Crippen LogP contribution in [0, 0.1) is 34.5 Å². The van der Waals surface area contributed by atoms with Crippen LogP contribution in [0.15, 0.2) is 0 Å². The lowest BCUT2D eigenvalue weighted by atomic mass is 9.91. The van der Waals surface area contributed by atoms with E-state index in [2.05, 4.69) is 9.47 Å². The van der Waals surface area contributed by atoms with Crippen LogP contribution in [-0.2, 0) is 25.7 Å². The number of carbonyl (C=O) groups excluding carboxylic acids is 2. The molecule has 0 heterocycles. The van der Waals surface area contributed by atoms with Gasteiger partial charge in [-0.3, -0.25) is 4.79 Å². The van der Waals surface area contributed by atoms with Crippen LogP contribution in [-0.4, -0.2) is 18.5 Å². The molecule has 0 fully saturated rings. The number of hydrogen-bond donors (Lipinski definition) is 0. The molecule has 1 aromatic carbocycles. The molecule has 1 rings (SSSR count). The summed E-state index contributed by atoms with van der Waals surface area (Å²) in [5, 5.41) is 0. The van der Waals surface area contributed by atoms with Crippen LogP contribution in [0.4, 0.5) is 22.0 Å². The highest BCUT2D eigenvalue weighted by Gasteiger charge is 2.29. The molecule has 0 unspecified atom stereocenters. The number of rotatable bonds is 6. The highest BCUT2D eigenvalue weighted by atomic mass is 19.2. The smallest absolute Gasteiger partial charge is 0.344 e. The van der Waals surface area contributed by atoms with Gasteiger partial charge in [0.2, 0.25) is 5.82 Å². The average Bonchev–Trinajstić information content (AvgIpc) is 2.55. The average molecular weight is 354 g/mol. The monoisotopic (exact) mass is 354 g/mol. The van der Waals surface area contributed by atoms with Gasteiger partial charge in [-0.05, 0) is 20.3 Å². The normalized spacial score (nSPS) is 11.3. The second-order valence-electron chi connectivity index (χ2n) is 5.52. The van der Waals surface area contributed by atoms with Crippen LogP contribution in [0.5, 0.6) is 0 Å². The fraction of sp³-hybridized carbons (Fsp3) is 0.467. The van der Waals surface area contributed by atoms with E-state index in [4.69, 9.17) is 0 Å². The SMILES string of the molecule is CCC(C)(C)C(=O)OCC(=O)OCc1c(F)c(F)c(F)c(F)c1F. The van der Waals surface area contributed by atoms with Crippen molar-refractivity contribution in [2.45, 2.75) is 33.8 Å². The van der Waals surface area contributed by atoms with E-state index in [0.29, 0.717) is 6.42 Å². The van der Waals surface area contributed by atoms with E-state index < -0.39 is 65.2 Å². The molecule has 134 valence electrons. The maximum absolute atomic E-state index is 13.4. The van der Waals surface area contributed by atoms with Crippen molar-refractivity contribution >= 4 is 11.9 Å². The third-order valence-corrected chi connectivity index (χ3v) is 3.44. The first-order valence-electron chi connectivity index (χ1n) is 6.86. The first-order chi connectivity index (χ1) is 11.0. The van der Waals surface area contributed by atoms with E-state index in [9.17, 15) is 31.5 Å². The van der Waals surface area contributed by atoms with E-state index >= 15 is 0 Å². The highest BCUT2D eigenvalue weighted by Crippen LogP contribution is 2.24. The molecule has 1 aromatic rings. The quantitative estimate of drug-likeness (QED) is 0.340. The Morgan fingerprint density at radius 3 is 1.79 bits per heavy atom. The van der Waals surface area contributed by atoms with E-state index in [-0.39, 0.29) is 0 Å². The second kappa shape index (κ2) is 7.59. The first-order valence-corrected chi connectivity index (χ1v) is 6.86. The van der Waals surface area contributed by atoms with E-state index in [1.807, 2.05) is 0 Å². The van der Waals surface area contributed by atoms with Gasteiger partial charge >= 0.3 is 11.9 Å². The number of esters is 2. The number of hydrogen-bond acceptors (Lipinski definition) is 4. The summed E-state index contributed by atoms with van der Waals surface area (Å²) in [6, 6.07) is 0. The Kier molecular flexibility index (Phi) is 6.28.